The monoisotopic (exact) mass is 305 g/mol. The Morgan fingerprint density at radius 1 is 1.48 bits per heavy atom. The number of nitrogens with zero attached hydrogens (tertiary/aromatic N) is 3. The molecular formula is C15H19N3O2S. The lowest BCUT2D eigenvalue weighted by molar-refractivity contribution is -0.143. The number of aromatic nitrogens is 2. The van der Waals surface area contributed by atoms with E-state index in [-0.39, 0.29) is 0 Å². The Morgan fingerprint density at radius 3 is 2.90 bits per heavy atom. The van der Waals surface area contributed by atoms with Gasteiger partial charge in [0.15, 0.2) is 0 Å². The summed E-state index contributed by atoms with van der Waals surface area (Å²) < 4.78 is 0. The average molecular weight is 305 g/mol. The zero-order valence-electron chi connectivity index (χ0n) is 12.5. The first-order valence-corrected chi connectivity index (χ1v) is 8.04. The standard InChI is InChI=1S/C15H19N3O2S/c1-4-15(14(19)20)6-5-7-18(15)12-11-9(2)10(3)21-13(11)17-8-16-12/h8H,4-7H2,1-3H3,(H,19,20). The predicted octanol–water partition coefficient (Wildman–Crippen LogP) is 3.14. The largest absolute Gasteiger partial charge is 0.479 e. The highest BCUT2D eigenvalue weighted by atomic mass is 32.1. The van der Waals surface area contributed by atoms with Crippen LogP contribution in [0.4, 0.5) is 5.82 Å². The summed E-state index contributed by atoms with van der Waals surface area (Å²) in [6.45, 7) is 6.81. The number of aryl methyl sites for hydroxylation is 2. The van der Waals surface area contributed by atoms with Gasteiger partial charge in [0.25, 0.3) is 0 Å². The number of fused-ring (bicyclic) bond motifs is 1. The first kappa shape index (κ1) is 14.3. The van der Waals surface area contributed by atoms with Gasteiger partial charge in [-0.15, -0.1) is 11.3 Å². The highest BCUT2D eigenvalue weighted by Gasteiger charge is 2.47. The molecule has 3 heterocycles. The number of carboxylic acids is 1. The molecule has 1 aliphatic rings. The van der Waals surface area contributed by atoms with Gasteiger partial charge in [0, 0.05) is 11.4 Å². The van der Waals surface area contributed by atoms with Gasteiger partial charge in [0.2, 0.25) is 0 Å². The van der Waals surface area contributed by atoms with Gasteiger partial charge in [-0.05, 0) is 38.7 Å². The fourth-order valence-electron chi connectivity index (χ4n) is 3.30. The molecule has 1 aliphatic heterocycles. The quantitative estimate of drug-likeness (QED) is 0.943. The molecule has 6 heteroatoms. The van der Waals surface area contributed by atoms with Gasteiger partial charge in [0.05, 0.1) is 5.39 Å². The van der Waals surface area contributed by atoms with Crippen molar-refractivity contribution >= 4 is 33.3 Å². The summed E-state index contributed by atoms with van der Waals surface area (Å²) in [6.07, 6.45) is 3.68. The third-order valence-electron chi connectivity index (χ3n) is 4.67. The molecule has 1 N–H and O–H groups in total. The molecule has 1 atom stereocenters. The van der Waals surface area contributed by atoms with Crippen molar-refractivity contribution in [2.75, 3.05) is 11.4 Å². The van der Waals surface area contributed by atoms with Crippen molar-refractivity contribution < 1.29 is 9.90 Å². The molecule has 0 amide bonds. The Bertz CT molecular complexity index is 712. The predicted molar refractivity (Wildman–Crippen MR) is 84.1 cm³/mol. The minimum atomic E-state index is -0.830. The van der Waals surface area contributed by atoms with Crippen LogP contribution in [-0.4, -0.2) is 33.1 Å². The van der Waals surface area contributed by atoms with Gasteiger partial charge >= 0.3 is 5.97 Å². The number of aliphatic carboxylic acids is 1. The van der Waals surface area contributed by atoms with Crippen LogP contribution in [0.25, 0.3) is 10.2 Å². The van der Waals surface area contributed by atoms with Crippen molar-refractivity contribution in [3.8, 4) is 0 Å². The summed E-state index contributed by atoms with van der Waals surface area (Å²) in [7, 11) is 0. The molecule has 0 aliphatic carbocycles. The zero-order valence-corrected chi connectivity index (χ0v) is 13.3. The van der Waals surface area contributed by atoms with Crippen LogP contribution in [0.5, 0.6) is 0 Å². The second-order valence-corrected chi connectivity index (χ2v) is 6.81. The van der Waals surface area contributed by atoms with E-state index in [1.54, 1.807) is 17.7 Å². The number of rotatable bonds is 3. The molecule has 0 spiro atoms. The topological polar surface area (TPSA) is 66.3 Å². The molecular weight excluding hydrogens is 286 g/mol. The molecule has 0 aromatic carbocycles. The van der Waals surface area contributed by atoms with Gasteiger partial charge in [0.1, 0.15) is 22.5 Å². The van der Waals surface area contributed by atoms with Gasteiger partial charge in [-0.1, -0.05) is 6.92 Å². The Kier molecular flexibility index (Phi) is 3.36. The third kappa shape index (κ3) is 1.92. The van der Waals surface area contributed by atoms with Crippen molar-refractivity contribution in [2.24, 2.45) is 0 Å². The highest BCUT2D eigenvalue weighted by Crippen LogP contribution is 2.41. The maximum absolute atomic E-state index is 11.9. The SMILES string of the molecule is CCC1(C(=O)O)CCCN1c1ncnc2sc(C)c(C)c12. The van der Waals surface area contributed by atoms with Crippen LogP contribution in [0.2, 0.25) is 0 Å². The van der Waals surface area contributed by atoms with E-state index in [2.05, 4.69) is 23.8 Å². The molecule has 0 saturated carbocycles. The Morgan fingerprint density at radius 2 is 2.24 bits per heavy atom. The second kappa shape index (κ2) is 4.94. The summed E-state index contributed by atoms with van der Waals surface area (Å²) in [4.78, 5) is 24.8. The number of hydrogen-bond acceptors (Lipinski definition) is 5. The number of anilines is 1. The van der Waals surface area contributed by atoms with E-state index in [0.717, 1.165) is 34.6 Å². The first-order valence-electron chi connectivity index (χ1n) is 7.23. The molecule has 1 unspecified atom stereocenters. The Balaban J connectivity index is 2.22. The van der Waals surface area contributed by atoms with Gasteiger partial charge < -0.3 is 10.0 Å². The Labute approximate surface area is 127 Å². The van der Waals surface area contributed by atoms with Crippen LogP contribution < -0.4 is 4.90 Å². The lowest BCUT2D eigenvalue weighted by Crippen LogP contribution is -2.50. The second-order valence-electron chi connectivity index (χ2n) is 5.61. The summed E-state index contributed by atoms with van der Waals surface area (Å²) in [5.74, 6) is 0.0301. The minimum absolute atomic E-state index is 0.579. The van der Waals surface area contributed by atoms with Crippen LogP contribution in [0.3, 0.4) is 0 Å². The van der Waals surface area contributed by atoms with Crippen molar-refractivity contribution in [3.05, 3.63) is 16.8 Å². The first-order chi connectivity index (χ1) is 10.0. The molecule has 5 nitrogen and oxygen atoms in total. The van der Waals surface area contributed by atoms with Crippen molar-refractivity contribution in [3.63, 3.8) is 0 Å². The van der Waals surface area contributed by atoms with E-state index in [9.17, 15) is 9.90 Å². The van der Waals surface area contributed by atoms with E-state index in [4.69, 9.17) is 0 Å². The molecule has 1 saturated heterocycles. The van der Waals surface area contributed by atoms with Crippen molar-refractivity contribution in [1.82, 2.24) is 9.97 Å². The van der Waals surface area contributed by atoms with E-state index < -0.39 is 11.5 Å². The van der Waals surface area contributed by atoms with Gasteiger partial charge in [-0.25, -0.2) is 14.8 Å². The van der Waals surface area contributed by atoms with Gasteiger partial charge in [-0.3, -0.25) is 0 Å². The number of carbonyl (C=O) groups is 1. The zero-order chi connectivity index (χ0) is 15.2. The smallest absolute Gasteiger partial charge is 0.329 e. The van der Waals surface area contributed by atoms with Crippen LogP contribution in [0.15, 0.2) is 6.33 Å². The number of carboxylic acid groups (broad SMARTS) is 1. The fourth-order valence-corrected chi connectivity index (χ4v) is 4.29. The average Bonchev–Trinajstić information content (AvgIpc) is 3.02. The highest BCUT2D eigenvalue weighted by molar-refractivity contribution is 7.18. The van der Waals surface area contributed by atoms with E-state index >= 15 is 0 Å². The molecule has 1 fully saturated rings. The number of thiophene rings is 1. The van der Waals surface area contributed by atoms with Crippen LogP contribution in [-0.2, 0) is 4.79 Å². The lowest BCUT2D eigenvalue weighted by Gasteiger charge is -2.35. The molecule has 2 aromatic rings. The van der Waals surface area contributed by atoms with E-state index in [0.29, 0.717) is 12.8 Å². The number of hydrogen-bond donors (Lipinski definition) is 1. The minimum Gasteiger partial charge on any atom is -0.479 e. The summed E-state index contributed by atoms with van der Waals surface area (Å²) in [5.41, 5.74) is 0.330. The molecule has 21 heavy (non-hydrogen) atoms. The third-order valence-corrected chi connectivity index (χ3v) is 5.79. The fraction of sp³-hybridized carbons (Fsp3) is 0.533. The summed E-state index contributed by atoms with van der Waals surface area (Å²) in [5, 5.41) is 10.8. The van der Waals surface area contributed by atoms with E-state index in [1.165, 1.54) is 4.88 Å². The molecule has 112 valence electrons. The van der Waals surface area contributed by atoms with Crippen molar-refractivity contribution in [1.29, 1.82) is 0 Å². The van der Waals surface area contributed by atoms with Crippen molar-refractivity contribution in [2.45, 2.75) is 45.6 Å². The molecule has 2 aromatic heterocycles. The lowest BCUT2D eigenvalue weighted by atomic mass is 9.93. The summed E-state index contributed by atoms with van der Waals surface area (Å²) >= 11 is 1.64. The van der Waals surface area contributed by atoms with Crippen LogP contribution in [0.1, 0.15) is 36.6 Å². The Hall–Kier alpha value is -1.69. The summed E-state index contributed by atoms with van der Waals surface area (Å²) in [6, 6.07) is 0. The van der Waals surface area contributed by atoms with E-state index in [1.807, 2.05) is 11.8 Å². The van der Waals surface area contributed by atoms with Crippen LogP contribution >= 0.6 is 11.3 Å². The molecule has 0 radical (unpaired) electrons. The maximum atomic E-state index is 11.9. The molecule has 0 bridgehead atoms. The van der Waals surface area contributed by atoms with Gasteiger partial charge in [-0.2, -0.15) is 0 Å². The normalized spacial score (nSPS) is 22.1. The van der Waals surface area contributed by atoms with Crippen LogP contribution in [0, 0.1) is 13.8 Å². The molecule has 3 rings (SSSR count). The maximum Gasteiger partial charge on any atom is 0.329 e.